The van der Waals surface area contributed by atoms with E-state index in [4.69, 9.17) is 9.26 Å². The van der Waals surface area contributed by atoms with Crippen molar-refractivity contribution in [3.63, 3.8) is 0 Å². The van der Waals surface area contributed by atoms with Gasteiger partial charge in [0.2, 0.25) is 0 Å². The van der Waals surface area contributed by atoms with Crippen molar-refractivity contribution in [1.82, 2.24) is 9.72 Å². The fourth-order valence-corrected chi connectivity index (χ4v) is 2.64. The molecule has 28 heavy (non-hydrogen) atoms. The Bertz CT molecular complexity index is 1120. The van der Waals surface area contributed by atoms with Crippen LogP contribution in [-0.4, -0.2) is 16.3 Å². The number of aromatic nitrogens is 2. The van der Waals surface area contributed by atoms with Crippen LogP contribution in [0, 0.1) is 11.8 Å². The van der Waals surface area contributed by atoms with Crippen LogP contribution in [0.25, 0.3) is 0 Å². The summed E-state index contributed by atoms with van der Waals surface area (Å²) in [5, 5.41) is 0. The lowest BCUT2D eigenvalue weighted by Gasteiger charge is -2.18. The Labute approximate surface area is 162 Å². The third-order valence-electron chi connectivity index (χ3n) is 4.15. The molecule has 0 bridgehead atoms. The number of H-pyrrole nitrogens is 1. The van der Waals surface area contributed by atoms with E-state index >= 15 is 0 Å². The van der Waals surface area contributed by atoms with Crippen LogP contribution in [0.5, 0.6) is 5.75 Å². The summed E-state index contributed by atoms with van der Waals surface area (Å²) in [6.07, 6.45) is 0. The molecule has 0 unspecified atom stereocenters. The van der Waals surface area contributed by atoms with Gasteiger partial charge in [0.15, 0.2) is 0 Å². The smallest absolute Gasteiger partial charge is 0.440 e. The van der Waals surface area contributed by atoms with Gasteiger partial charge in [0.1, 0.15) is 12.4 Å². The molecule has 1 aromatic heterocycles. The first-order valence-electron chi connectivity index (χ1n) is 8.93. The van der Waals surface area contributed by atoms with Crippen molar-refractivity contribution in [2.75, 3.05) is 6.61 Å². The summed E-state index contributed by atoms with van der Waals surface area (Å²) >= 11 is 0. The summed E-state index contributed by atoms with van der Waals surface area (Å²) in [4.78, 5) is 24.6. The number of hydrogen-bond acceptors (Lipinski definition) is 4. The highest BCUT2D eigenvalue weighted by atomic mass is 16.5. The van der Waals surface area contributed by atoms with E-state index < -0.39 is 11.4 Å². The molecular weight excluding hydrogens is 356 g/mol. The number of nitrogens with zero attached hydrogens (tertiary/aromatic N) is 1. The first kappa shape index (κ1) is 19.3. The number of benzene rings is 2. The number of aromatic amines is 1. The predicted octanol–water partition coefficient (Wildman–Crippen LogP) is 2.91. The lowest BCUT2D eigenvalue weighted by atomic mass is 9.87. The van der Waals surface area contributed by atoms with Crippen LogP contribution in [0.3, 0.4) is 0 Å². The molecule has 0 radical (unpaired) electrons. The molecule has 0 atom stereocenters. The third-order valence-corrected chi connectivity index (χ3v) is 4.15. The Hall–Kier alpha value is -3.46. The van der Waals surface area contributed by atoms with E-state index in [9.17, 15) is 9.59 Å². The lowest BCUT2D eigenvalue weighted by Crippen LogP contribution is -2.17. The lowest BCUT2D eigenvalue weighted by molar-refractivity contribution is 0.258. The molecule has 6 heteroatoms. The molecule has 0 aliphatic rings. The SMILES string of the molecule is CC(C)(C)c1ccc(OCC#Cc2cccc(Cn3oc(=O)[nH]c3=O)c2)cc1. The Balaban J connectivity index is 1.61. The van der Waals surface area contributed by atoms with Crippen LogP contribution in [-0.2, 0) is 12.0 Å². The van der Waals surface area contributed by atoms with Crippen LogP contribution >= 0.6 is 0 Å². The van der Waals surface area contributed by atoms with Gasteiger partial charge in [-0.2, -0.15) is 0 Å². The van der Waals surface area contributed by atoms with E-state index in [-0.39, 0.29) is 18.6 Å². The molecule has 3 rings (SSSR count). The van der Waals surface area contributed by atoms with Crippen molar-refractivity contribution in [3.8, 4) is 17.6 Å². The van der Waals surface area contributed by atoms with E-state index in [0.717, 1.165) is 21.6 Å². The first-order valence-corrected chi connectivity index (χ1v) is 8.93. The maximum atomic E-state index is 11.5. The van der Waals surface area contributed by atoms with Gasteiger partial charge in [-0.25, -0.2) is 14.6 Å². The van der Waals surface area contributed by atoms with Crippen molar-refractivity contribution in [2.24, 2.45) is 0 Å². The summed E-state index contributed by atoms with van der Waals surface area (Å²) < 4.78 is 11.4. The van der Waals surface area contributed by atoms with Gasteiger partial charge in [-0.3, -0.25) is 0 Å². The van der Waals surface area contributed by atoms with E-state index in [1.165, 1.54) is 5.56 Å². The van der Waals surface area contributed by atoms with Gasteiger partial charge < -0.3 is 9.26 Å². The molecule has 1 heterocycles. The Morgan fingerprint density at radius 1 is 1.11 bits per heavy atom. The molecule has 0 aliphatic carbocycles. The average Bonchev–Trinajstić information content (AvgIpc) is 2.96. The molecule has 0 saturated heterocycles. The minimum absolute atomic E-state index is 0.109. The van der Waals surface area contributed by atoms with Crippen LogP contribution in [0.15, 0.2) is 62.6 Å². The first-order chi connectivity index (χ1) is 13.3. The summed E-state index contributed by atoms with van der Waals surface area (Å²) in [6.45, 7) is 6.93. The second-order valence-corrected chi connectivity index (χ2v) is 7.41. The monoisotopic (exact) mass is 378 g/mol. The molecule has 0 spiro atoms. The fraction of sp³-hybridized carbons (Fsp3) is 0.273. The van der Waals surface area contributed by atoms with Gasteiger partial charge in [0, 0.05) is 5.56 Å². The normalized spacial score (nSPS) is 11.0. The standard InChI is InChI=1S/C22H22N2O4/c1-22(2,3)18-9-11-19(12-10-18)27-13-5-8-16-6-4-7-17(14-16)15-24-20(25)23-21(26)28-24/h4,6-7,9-12,14H,13,15H2,1-3H3,(H,23,25,26). The van der Waals surface area contributed by atoms with Gasteiger partial charge in [-0.15, -0.1) is 4.74 Å². The highest BCUT2D eigenvalue weighted by Crippen LogP contribution is 2.24. The van der Waals surface area contributed by atoms with Crippen molar-refractivity contribution in [3.05, 3.63) is 86.3 Å². The number of ether oxygens (including phenoxy) is 1. The molecule has 1 N–H and O–H groups in total. The largest absolute Gasteiger partial charge is 0.481 e. The van der Waals surface area contributed by atoms with E-state index in [0.29, 0.717) is 0 Å². The molecule has 6 nitrogen and oxygen atoms in total. The third kappa shape index (κ3) is 5.04. The van der Waals surface area contributed by atoms with E-state index in [1.54, 1.807) is 0 Å². The molecule has 0 aliphatic heterocycles. The molecule has 0 fully saturated rings. The van der Waals surface area contributed by atoms with Crippen LogP contribution < -0.4 is 16.2 Å². The van der Waals surface area contributed by atoms with Gasteiger partial charge in [0.25, 0.3) is 0 Å². The van der Waals surface area contributed by atoms with Crippen LogP contribution in [0.1, 0.15) is 37.5 Å². The van der Waals surface area contributed by atoms with Gasteiger partial charge in [-0.05, 0) is 40.8 Å². The van der Waals surface area contributed by atoms with Crippen molar-refractivity contribution in [2.45, 2.75) is 32.7 Å². The second-order valence-electron chi connectivity index (χ2n) is 7.41. The van der Waals surface area contributed by atoms with Gasteiger partial charge in [0.05, 0.1) is 6.54 Å². The van der Waals surface area contributed by atoms with E-state index in [1.807, 2.05) is 36.4 Å². The van der Waals surface area contributed by atoms with Gasteiger partial charge in [-0.1, -0.05) is 56.9 Å². The fourth-order valence-electron chi connectivity index (χ4n) is 2.64. The molecular formula is C22H22N2O4. The summed E-state index contributed by atoms with van der Waals surface area (Å²) in [5.74, 6) is 6.02. The van der Waals surface area contributed by atoms with E-state index in [2.05, 4.69) is 49.7 Å². The predicted molar refractivity (Wildman–Crippen MR) is 107 cm³/mol. The molecule has 3 aromatic rings. The van der Waals surface area contributed by atoms with Crippen molar-refractivity contribution in [1.29, 1.82) is 0 Å². The Morgan fingerprint density at radius 2 is 1.86 bits per heavy atom. The molecule has 144 valence electrons. The van der Waals surface area contributed by atoms with Gasteiger partial charge >= 0.3 is 11.4 Å². The molecule has 0 saturated carbocycles. The Morgan fingerprint density at radius 3 is 2.50 bits per heavy atom. The zero-order valence-electron chi connectivity index (χ0n) is 16.1. The zero-order chi connectivity index (χ0) is 20.1. The van der Waals surface area contributed by atoms with Crippen molar-refractivity contribution < 1.29 is 9.26 Å². The topological polar surface area (TPSA) is 77.2 Å². The number of hydrogen-bond donors (Lipinski definition) is 1. The second kappa shape index (κ2) is 8.05. The van der Waals surface area contributed by atoms with Crippen LogP contribution in [0.2, 0.25) is 0 Å². The molecule has 0 amide bonds. The number of rotatable bonds is 4. The Kier molecular flexibility index (Phi) is 5.55. The number of nitrogens with one attached hydrogen (secondary N) is 1. The summed E-state index contributed by atoms with van der Waals surface area (Å²) in [5.41, 5.74) is 2.37. The molecule has 2 aromatic carbocycles. The minimum atomic E-state index is -0.770. The summed E-state index contributed by atoms with van der Waals surface area (Å²) in [7, 11) is 0. The maximum Gasteiger partial charge on any atom is 0.440 e. The minimum Gasteiger partial charge on any atom is -0.481 e. The maximum absolute atomic E-state index is 11.5. The summed E-state index contributed by atoms with van der Waals surface area (Å²) in [6, 6.07) is 15.4. The quantitative estimate of drug-likeness (QED) is 0.708. The zero-order valence-corrected chi connectivity index (χ0v) is 16.1. The van der Waals surface area contributed by atoms with Crippen molar-refractivity contribution >= 4 is 0 Å². The highest BCUT2D eigenvalue weighted by molar-refractivity contribution is 5.37. The highest BCUT2D eigenvalue weighted by Gasteiger charge is 2.12. The van der Waals surface area contributed by atoms with Crippen LogP contribution in [0.4, 0.5) is 0 Å². The average molecular weight is 378 g/mol.